The zero-order chi connectivity index (χ0) is 18.3. The largest absolute Gasteiger partial charge is 0.361 e. The summed E-state index contributed by atoms with van der Waals surface area (Å²) in [6, 6.07) is 13.1. The monoisotopic (exact) mass is 347 g/mol. The molecule has 2 heterocycles. The minimum atomic E-state index is -0.633. The standard InChI is InChI=1S/C21H21N3O2/c1-13-6-5-7-14(2)19(13)23-21(26)20(24-11-10-18(24)25)16-12-22-17-9-4-3-8-15(16)17/h3-9,12,20,22H,10-11H2,1-2H3,(H,23,26)/t20-/m0/s1. The minimum absolute atomic E-state index is 0.0111. The van der Waals surface area contributed by atoms with Crippen molar-refractivity contribution in [2.45, 2.75) is 26.3 Å². The van der Waals surface area contributed by atoms with E-state index in [0.717, 1.165) is 33.3 Å². The van der Waals surface area contributed by atoms with Gasteiger partial charge in [0.1, 0.15) is 6.04 Å². The summed E-state index contributed by atoms with van der Waals surface area (Å²) in [6.07, 6.45) is 2.33. The SMILES string of the molecule is Cc1cccc(C)c1NC(=O)[C@H](c1c[nH]c2ccccc12)N1CCC1=O. The third-order valence-electron chi connectivity index (χ3n) is 5.09. The molecule has 132 valence electrons. The minimum Gasteiger partial charge on any atom is -0.361 e. The van der Waals surface area contributed by atoms with Gasteiger partial charge in [-0.1, -0.05) is 36.4 Å². The van der Waals surface area contributed by atoms with Gasteiger partial charge in [-0.25, -0.2) is 0 Å². The maximum Gasteiger partial charge on any atom is 0.251 e. The molecule has 1 fully saturated rings. The number of carbonyl (C=O) groups excluding carboxylic acids is 2. The molecule has 1 aliphatic heterocycles. The van der Waals surface area contributed by atoms with Gasteiger partial charge in [0.15, 0.2) is 0 Å². The van der Waals surface area contributed by atoms with E-state index in [4.69, 9.17) is 0 Å². The highest BCUT2D eigenvalue weighted by atomic mass is 16.2. The molecule has 2 aromatic carbocycles. The molecule has 1 atom stereocenters. The number of hydrogen-bond donors (Lipinski definition) is 2. The zero-order valence-electron chi connectivity index (χ0n) is 14.9. The Morgan fingerprint density at radius 2 is 1.85 bits per heavy atom. The van der Waals surface area contributed by atoms with Crippen LogP contribution in [0.2, 0.25) is 0 Å². The van der Waals surface area contributed by atoms with Crippen LogP contribution in [0.15, 0.2) is 48.7 Å². The van der Waals surface area contributed by atoms with E-state index in [1.165, 1.54) is 0 Å². The van der Waals surface area contributed by atoms with E-state index >= 15 is 0 Å². The molecule has 3 aromatic rings. The van der Waals surface area contributed by atoms with Gasteiger partial charge in [0.05, 0.1) is 0 Å². The van der Waals surface area contributed by atoms with Crippen LogP contribution in [-0.4, -0.2) is 28.2 Å². The molecule has 5 nitrogen and oxygen atoms in total. The summed E-state index contributed by atoms with van der Waals surface area (Å²) in [7, 11) is 0. The summed E-state index contributed by atoms with van der Waals surface area (Å²) in [5, 5.41) is 4.02. The molecule has 4 rings (SSSR count). The number of amides is 2. The maximum atomic E-state index is 13.2. The van der Waals surface area contributed by atoms with Gasteiger partial charge in [0, 0.05) is 41.3 Å². The van der Waals surface area contributed by atoms with Gasteiger partial charge in [-0.05, 0) is 31.0 Å². The molecule has 0 saturated carbocycles. The van der Waals surface area contributed by atoms with Gasteiger partial charge in [-0.15, -0.1) is 0 Å². The van der Waals surface area contributed by atoms with Gasteiger partial charge in [0.2, 0.25) is 5.91 Å². The Hall–Kier alpha value is -3.08. The lowest BCUT2D eigenvalue weighted by Gasteiger charge is -2.37. The number of aromatic amines is 1. The molecule has 0 bridgehead atoms. The van der Waals surface area contributed by atoms with Crippen LogP contribution in [-0.2, 0) is 9.59 Å². The fraction of sp³-hybridized carbons (Fsp3) is 0.238. The predicted octanol–water partition coefficient (Wildman–Crippen LogP) is 3.70. The Morgan fingerprint density at radius 1 is 1.12 bits per heavy atom. The molecule has 2 N–H and O–H groups in total. The highest BCUT2D eigenvalue weighted by molar-refractivity contribution is 6.02. The Labute approximate surface area is 152 Å². The number of aromatic nitrogens is 1. The summed E-state index contributed by atoms with van der Waals surface area (Å²) in [6.45, 7) is 4.54. The van der Waals surface area contributed by atoms with E-state index in [-0.39, 0.29) is 11.8 Å². The zero-order valence-corrected chi connectivity index (χ0v) is 14.9. The first-order valence-electron chi connectivity index (χ1n) is 8.79. The van der Waals surface area contributed by atoms with E-state index in [9.17, 15) is 9.59 Å². The van der Waals surface area contributed by atoms with Crippen molar-refractivity contribution in [2.75, 3.05) is 11.9 Å². The van der Waals surface area contributed by atoms with Crippen LogP contribution in [0.3, 0.4) is 0 Å². The van der Waals surface area contributed by atoms with Crippen LogP contribution in [0, 0.1) is 13.8 Å². The van der Waals surface area contributed by atoms with Crippen molar-refractivity contribution in [2.24, 2.45) is 0 Å². The number of hydrogen-bond acceptors (Lipinski definition) is 2. The number of nitrogens with zero attached hydrogens (tertiary/aromatic N) is 1. The number of rotatable bonds is 4. The Kier molecular flexibility index (Phi) is 3.99. The fourth-order valence-corrected chi connectivity index (χ4v) is 3.58. The number of β-lactam (4-membered cyclic amide) rings is 1. The number of H-pyrrole nitrogens is 1. The molecule has 1 saturated heterocycles. The second-order valence-corrected chi connectivity index (χ2v) is 6.79. The topological polar surface area (TPSA) is 65.2 Å². The Balaban J connectivity index is 1.74. The lowest BCUT2D eigenvalue weighted by molar-refractivity contribution is -0.147. The molecule has 26 heavy (non-hydrogen) atoms. The third kappa shape index (κ3) is 2.65. The second kappa shape index (κ2) is 6.33. The highest BCUT2D eigenvalue weighted by Crippen LogP contribution is 2.33. The normalized spacial score (nSPS) is 15.0. The lowest BCUT2D eigenvalue weighted by atomic mass is 9.99. The van der Waals surface area contributed by atoms with Crippen molar-refractivity contribution < 1.29 is 9.59 Å². The molecule has 0 spiro atoms. The molecule has 1 aliphatic rings. The first-order valence-corrected chi connectivity index (χ1v) is 8.79. The van der Waals surface area contributed by atoms with Crippen LogP contribution in [0.25, 0.3) is 10.9 Å². The number of likely N-dealkylation sites (tertiary alicyclic amines) is 1. The highest BCUT2D eigenvalue weighted by Gasteiger charge is 2.38. The molecular weight excluding hydrogens is 326 g/mol. The quantitative estimate of drug-likeness (QED) is 0.707. The fourth-order valence-electron chi connectivity index (χ4n) is 3.58. The van der Waals surface area contributed by atoms with E-state index < -0.39 is 6.04 Å². The number of benzene rings is 2. The first kappa shape index (κ1) is 16.4. The summed E-state index contributed by atoms with van der Waals surface area (Å²) < 4.78 is 0. The molecule has 0 radical (unpaired) electrons. The van der Waals surface area contributed by atoms with Crippen molar-refractivity contribution in [3.8, 4) is 0 Å². The summed E-state index contributed by atoms with van der Waals surface area (Å²) in [4.78, 5) is 30.2. The van der Waals surface area contributed by atoms with Gasteiger partial charge in [-0.3, -0.25) is 9.59 Å². The van der Waals surface area contributed by atoms with Gasteiger partial charge in [0.25, 0.3) is 5.91 Å². The molecule has 0 unspecified atom stereocenters. The average molecular weight is 347 g/mol. The van der Waals surface area contributed by atoms with Gasteiger partial charge < -0.3 is 15.2 Å². The van der Waals surface area contributed by atoms with Gasteiger partial charge >= 0.3 is 0 Å². The second-order valence-electron chi connectivity index (χ2n) is 6.79. The van der Waals surface area contributed by atoms with E-state index in [2.05, 4.69) is 10.3 Å². The van der Waals surface area contributed by atoms with Crippen LogP contribution < -0.4 is 5.32 Å². The third-order valence-corrected chi connectivity index (χ3v) is 5.09. The number of carbonyl (C=O) groups is 2. The number of fused-ring (bicyclic) bond motifs is 1. The van der Waals surface area contributed by atoms with E-state index in [1.807, 2.05) is 62.5 Å². The molecule has 0 aliphatic carbocycles. The number of anilines is 1. The average Bonchev–Trinajstić information content (AvgIpc) is 3.05. The summed E-state index contributed by atoms with van der Waals surface area (Å²) >= 11 is 0. The Bertz CT molecular complexity index is 985. The Morgan fingerprint density at radius 3 is 2.50 bits per heavy atom. The van der Waals surface area contributed by atoms with Crippen LogP contribution >= 0.6 is 0 Å². The van der Waals surface area contributed by atoms with Crippen molar-refractivity contribution in [1.82, 2.24) is 9.88 Å². The van der Waals surface area contributed by atoms with Crippen molar-refractivity contribution >= 4 is 28.4 Å². The molecular formula is C21H21N3O2. The number of nitrogens with one attached hydrogen (secondary N) is 2. The lowest BCUT2D eigenvalue weighted by Crippen LogP contribution is -2.49. The van der Waals surface area contributed by atoms with Crippen molar-refractivity contribution in [3.05, 3.63) is 65.4 Å². The van der Waals surface area contributed by atoms with Crippen molar-refractivity contribution in [3.63, 3.8) is 0 Å². The van der Waals surface area contributed by atoms with Gasteiger partial charge in [-0.2, -0.15) is 0 Å². The number of para-hydroxylation sites is 2. The van der Waals surface area contributed by atoms with E-state index in [0.29, 0.717) is 13.0 Å². The van der Waals surface area contributed by atoms with Crippen LogP contribution in [0.5, 0.6) is 0 Å². The molecule has 5 heteroatoms. The smallest absolute Gasteiger partial charge is 0.251 e. The maximum absolute atomic E-state index is 13.2. The molecule has 2 amide bonds. The van der Waals surface area contributed by atoms with Crippen molar-refractivity contribution in [1.29, 1.82) is 0 Å². The summed E-state index contributed by atoms with van der Waals surface area (Å²) in [5.74, 6) is -0.169. The summed E-state index contributed by atoms with van der Waals surface area (Å²) in [5.41, 5.74) is 4.62. The van der Waals surface area contributed by atoms with Crippen LogP contribution in [0.4, 0.5) is 5.69 Å². The first-order chi connectivity index (χ1) is 12.6. The molecule has 1 aromatic heterocycles. The van der Waals surface area contributed by atoms with Crippen LogP contribution in [0.1, 0.15) is 29.2 Å². The number of aryl methyl sites for hydroxylation is 2. The predicted molar refractivity (Wildman–Crippen MR) is 102 cm³/mol. The van der Waals surface area contributed by atoms with E-state index in [1.54, 1.807) is 4.90 Å².